The highest BCUT2D eigenvalue weighted by Gasteiger charge is 2.29. The Morgan fingerprint density at radius 1 is 0.386 bits per heavy atom. The number of carbonyl (C=O) groups is 1. The van der Waals surface area contributed by atoms with Gasteiger partial charge >= 0.3 is 0 Å². The van der Waals surface area contributed by atoms with Crippen molar-refractivity contribution in [1.29, 1.82) is 0 Å². The minimum absolute atomic E-state index is 0.0367. The minimum atomic E-state index is -0.345. The van der Waals surface area contributed by atoms with Crippen LogP contribution in [0.3, 0.4) is 0 Å². The van der Waals surface area contributed by atoms with E-state index in [9.17, 15) is 24.0 Å². The average Bonchev–Trinajstić information content (AvgIpc) is 1.08. The number of ether oxygens (including phenoxy) is 1. The van der Waals surface area contributed by atoms with E-state index in [0.717, 1.165) is 147 Å². The Morgan fingerprint density at radius 3 is 1.30 bits per heavy atom. The normalized spacial score (nSPS) is 12.9. The van der Waals surface area contributed by atoms with Gasteiger partial charge in [0.2, 0.25) is 0 Å². The van der Waals surface area contributed by atoms with Gasteiger partial charge in [-0.05, 0) is 195 Å². The molecule has 8 aromatic carbocycles. The van der Waals surface area contributed by atoms with Gasteiger partial charge in [-0.3, -0.25) is 56.6 Å². The summed E-state index contributed by atoms with van der Waals surface area (Å²) in [7, 11) is 3.73. The molecule has 1 aliphatic heterocycles. The van der Waals surface area contributed by atoms with Crippen LogP contribution in [0, 0.1) is 13.8 Å². The van der Waals surface area contributed by atoms with Crippen LogP contribution in [0.4, 0.5) is 29.0 Å². The first-order chi connectivity index (χ1) is 70.7. The molecule has 16 heterocycles. The number of ketones is 1. The van der Waals surface area contributed by atoms with Gasteiger partial charge in [-0.15, -0.1) is 0 Å². The fraction of sp³-hybridized carbons (Fsp3) is 0.153. The predicted molar refractivity (Wildman–Crippen MR) is 568 cm³/mol. The van der Waals surface area contributed by atoms with E-state index in [4.69, 9.17) is 4.74 Å². The van der Waals surface area contributed by atoms with Crippen LogP contribution in [-0.2, 0) is 18.8 Å². The van der Waals surface area contributed by atoms with Crippen LogP contribution in [0.2, 0.25) is 0 Å². The molecule has 1 fully saturated rings. The molecule has 0 bridgehead atoms. The monoisotopic (exact) mass is 1920 g/mol. The molecule has 145 heavy (non-hydrogen) atoms. The van der Waals surface area contributed by atoms with Crippen LogP contribution in [0.1, 0.15) is 103 Å². The van der Waals surface area contributed by atoms with Gasteiger partial charge < -0.3 is 50.8 Å². The van der Waals surface area contributed by atoms with E-state index < -0.39 is 0 Å². The number of morpholine rings is 1. The van der Waals surface area contributed by atoms with Crippen molar-refractivity contribution in [3.8, 4) is 56.1 Å². The third-order valence-corrected chi connectivity index (χ3v) is 26.0. The molecule has 34 nitrogen and oxygen atoms in total. The van der Waals surface area contributed by atoms with Crippen molar-refractivity contribution in [3.63, 3.8) is 0 Å². The SMILES string of the molecule is CC(=O)c1c[nH]c2ncnc(N[C@@H](C)c3cc4cccc(-c5cnn(C)c5)c4c(=O)n3-c3ccccc3)c12.C[C@@H](Nc1nccc2[nH]cnc12)c1cc2cccc(N3CCOCC3)c2c(=O)n1-c1ccccc1.Cc1cc(-c2cccc3cc([C@H](C)Nc4ncnc5nc[nH]c45)n(-c4ccccc4)c(=O)c23)ccn1.Cc1cccc(-n2c([C@H](C)Nc3ncnc4nc[nH]c34)cc3cccc(-c4cnn(C)c4)c3c2=O)c1. The van der Waals surface area contributed by atoms with E-state index in [-0.39, 0.29) is 52.2 Å². The van der Waals surface area contributed by atoms with Crippen LogP contribution in [0.25, 0.3) is 144 Å². The number of pyridine rings is 6. The number of anilines is 5. The summed E-state index contributed by atoms with van der Waals surface area (Å²) in [5, 5.41) is 29.2. The fourth-order valence-corrected chi connectivity index (χ4v) is 19.2. The summed E-state index contributed by atoms with van der Waals surface area (Å²) in [6.45, 7) is 16.4. The van der Waals surface area contributed by atoms with E-state index in [1.165, 1.54) is 25.9 Å². The number of hydrogen-bond acceptors (Lipinski definition) is 24. The Kier molecular flexibility index (Phi) is 25.4. The standard InChI is InChI=1S/C29H25N7O2.C28H23N7O.C27H24N8O.C27H26N6O2/c1-17(34-28-26-23(18(2)37)14-30-27(26)31-16-32-28)24-12-19-8-7-11-22(20-13-33-35(3)15-20)25(19)29(38)36(24)21-9-5-4-6-10-21;1-17-13-19(11-12-29-17)22-10-6-7-20-14-23(35(28(36)24(20)22)21-8-4-3-5-9-21)18(2)34-27-25-26(31-15-30-25)32-16-33-27;1-16-6-4-8-20(10-16)35-22(17(2)33-26-24-25(29-14-28-24)30-15-31-26)11-18-7-5-9-21(23(18)27(35)36)19-12-32-34(3)13-19;1-18(31-26-25-21(10-11-28-26)29-17-30-25)23-16-19-6-5-9-22(32-12-14-35-15-13-32)24(19)27(34)33(23)20-7-3-2-4-8-20/h4-17H,1-3H3,(H2,30,31,32,34);3-16,18H,1-2H3,(H2,30,31,32,33,34);4-15,17H,1-3H3,(H2,28,29,30,31,33);2-11,16-18H,12-15H2,1H3,(H,28,31)(H,29,30)/t17-;18-;17-;18-/m0001/s1. The summed E-state index contributed by atoms with van der Waals surface area (Å²) in [5.74, 6) is 2.35. The molecule has 0 amide bonds. The second-order valence-corrected chi connectivity index (χ2v) is 35.6. The summed E-state index contributed by atoms with van der Waals surface area (Å²) in [6.07, 6.45) is 21.8. The van der Waals surface area contributed by atoms with E-state index in [2.05, 4.69) is 129 Å². The van der Waals surface area contributed by atoms with Gasteiger partial charge in [-0.25, -0.2) is 49.8 Å². The molecule has 0 saturated carbocycles. The number of aromatic nitrogens is 23. The molecular weight excluding hydrogens is 1820 g/mol. The van der Waals surface area contributed by atoms with Crippen molar-refractivity contribution < 1.29 is 9.53 Å². The number of nitrogens with zero attached hydrogens (tertiary/aromatic N) is 20. The molecular formula is C111H98N28O6. The van der Waals surface area contributed by atoms with Crippen LogP contribution in [0.15, 0.2) is 331 Å². The van der Waals surface area contributed by atoms with Crippen molar-refractivity contribution in [3.05, 3.63) is 393 Å². The number of carbonyl (C=O) groups excluding carboxylic acids is 1. The lowest BCUT2D eigenvalue weighted by Crippen LogP contribution is -2.37. The molecule has 24 rings (SSSR count). The first kappa shape index (κ1) is 92.5. The summed E-state index contributed by atoms with van der Waals surface area (Å²) >= 11 is 0. The van der Waals surface area contributed by atoms with Crippen LogP contribution in [-0.4, -0.2) is 145 Å². The first-order valence-corrected chi connectivity index (χ1v) is 47.4. The molecule has 0 aliphatic carbocycles. The largest absolute Gasteiger partial charge is 0.378 e. The van der Waals surface area contributed by atoms with Crippen LogP contribution < -0.4 is 48.4 Å². The smallest absolute Gasteiger partial charge is 0.265 e. The first-order valence-electron chi connectivity index (χ1n) is 47.4. The Labute approximate surface area is 827 Å². The van der Waals surface area contributed by atoms with Crippen molar-refractivity contribution in [2.45, 2.75) is 72.6 Å². The number of hydrogen-bond donors (Lipinski definition) is 8. The lowest BCUT2D eigenvalue weighted by molar-refractivity contribution is 0.101. The second kappa shape index (κ2) is 39.8. The lowest BCUT2D eigenvalue weighted by atomic mass is 9.98. The van der Waals surface area contributed by atoms with Gasteiger partial charge in [0.1, 0.15) is 47.0 Å². The molecule has 15 aromatic heterocycles. The number of aryl methyl sites for hydroxylation is 4. The fourth-order valence-electron chi connectivity index (χ4n) is 19.2. The molecule has 1 aliphatic rings. The Hall–Kier alpha value is -18.9. The maximum atomic E-state index is 14.3. The zero-order valence-electron chi connectivity index (χ0n) is 80.5. The minimum Gasteiger partial charge on any atom is -0.378 e. The van der Waals surface area contributed by atoms with E-state index >= 15 is 0 Å². The molecule has 1 saturated heterocycles. The summed E-state index contributed by atoms with van der Waals surface area (Å²) in [5.41, 5.74) is 19.6. The van der Waals surface area contributed by atoms with Gasteiger partial charge in [-0.1, -0.05) is 133 Å². The number of nitrogens with one attached hydrogen (secondary N) is 8. The number of imidazole rings is 3. The van der Waals surface area contributed by atoms with Gasteiger partial charge in [0.05, 0.1) is 107 Å². The predicted octanol–water partition coefficient (Wildman–Crippen LogP) is 19.0. The molecule has 0 unspecified atom stereocenters. The number of para-hydroxylation sites is 3. The third kappa shape index (κ3) is 18.3. The molecule has 34 heteroatoms. The van der Waals surface area contributed by atoms with Crippen molar-refractivity contribution in [2.24, 2.45) is 14.1 Å². The molecule has 0 radical (unpaired) electrons. The van der Waals surface area contributed by atoms with Crippen molar-refractivity contribution in [1.82, 2.24) is 113 Å². The van der Waals surface area contributed by atoms with Crippen molar-refractivity contribution in [2.75, 3.05) is 52.5 Å². The molecule has 23 aromatic rings. The summed E-state index contributed by atoms with van der Waals surface area (Å²) in [4.78, 5) is 131. The van der Waals surface area contributed by atoms with Crippen molar-refractivity contribution >= 4 is 122 Å². The van der Waals surface area contributed by atoms with Crippen LogP contribution >= 0.6 is 0 Å². The maximum absolute atomic E-state index is 14.3. The van der Waals surface area contributed by atoms with E-state index in [1.807, 2.05) is 285 Å². The van der Waals surface area contributed by atoms with Gasteiger partial charge in [0.15, 0.2) is 34.5 Å². The molecule has 8 N–H and O–H groups in total. The average molecular weight is 1920 g/mol. The maximum Gasteiger partial charge on any atom is 0.265 e. The highest BCUT2D eigenvalue weighted by molar-refractivity contribution is 6.10. The molecule has 718 valence electrons. The second-order valence-electron chi connectivity index (χ2n) is 35.6. The number of rotatable bonds is 21. The van der Waals surface area contributed by atoms with Gasteiger partial charge in [0.25, 0.3) is 22.2 Å². The lowest BCUT2D eigenvalue weighted by Gasteiger charge is -2.30. The topological polar surface area (TPSA) is 406 Å². The quantitative estimate of drug-likeness (QED) is 0.0310. The molecule has 4 atom stereocenters. The van der Waals surface area contributed by atoms with E-state index in [0.29, 0.717) is 91.6 Å². The third-order valence-electron chi connectivity index (χ3n) is 26.0. The Bertz CT molecular complexity index is 9090. The van der Waals surface area contributed by atoms with Crippen LogP contribution in [0.5, 0.6) is 0 Å². The molecule has 0 spiro atoms. The number of aromatic amines is 4. The summed E-state index contributed by atoms with van der Waals surface area (Å²) in [6, 6.07) is 73.9. The highest BCUT2D eigenvalue weighted by atomic mass is 16.5. The number of benzene rings is 8. The zero-order chi connectivity index (χ0) is 99.6. The zero-order valence-corrected chi connectivity index (χ0v) is 80.5. The van der Waals surface area contributed by atoms with Gasteiger partial charge in [-0.2, -0.15) is 10.2 Å². The Morgan fingerprint density at radius 2 is 0.814 bits per heavy atom. The van der Waals surface area contributed by atoms with E-state index in [1.54, 1.807) is 73.0 Å². The number of fused-ring (bicyclic) bond motifs is 8. The van der Waals surface area contributed by atoms with Gasteiger partial charge in [0, 0.05) is 126 Å². The Balaban J connectivity index is 0.000000114. The highest BCUT2D eigenvalue weighted by Crippen LogP contribution is 2.39. The summed E-state index contributed by atoms with van der Waals surface area (Å²) < 4.78 is 16.1. The number of H-pyrrole nitrogens is 4. The number of Topliss-reactive ketones (excluding diaryl/α,β-unsaturated/α-hetero) is 1.